The minimum atomic E-state index is 0.0369. The average Bonchev–Trinajstić information content (AvgIpc) is 2.78. The van der Waals surface area contributed by atoms with Crippen molar-refractivity contribution in [1.29, 1.82) is 0 Å². The van der Waals surface area contributed by atoms with E-state index in [-0.39, 0.29) is 5.91 Å². The van der Waals surface area contributed by atoms with Crippen LogP contribution >= 0.6 is 0 Å². The van der Waals surface area contributed by atoms with Crippen LogP contribution in [0.25, 0.3) is 0 Å². The number of nitrogens with one attached hydrogen (secondary N) is 1. The molecule has 0 fully saturated rings. The van der Waals surface area contributed by atoms with Gasteiger partial charge < -0.3 is 5.32 Å². The largest absolute Gasteiger partial charge is 0.352 e. The van der Waals surface area contributed by atoms with Gasteiger partial charge in [-0.05, 0) is 19.4 Å². The number of carbonyl (C=O) groups excluding carboxylic acids is 1. The van der Waals surface area contributed by atoms with Crippen molar-refractivity contribution in [2.75, 3.05) is 0 Å². The third-order valence-electron chi connectivity index (χ3n) is 3.06. The van der Waals surface area contributed by atoms with E-state index in [2.05, 4.69) is 10.4 Å². The van der Waals surface area contributed by atoms with E-state index in [1.165, 1.54) is 0 Å². The summed E-state index contributed by atoms with van der Waals surface area (Å²) in [5, 5.41) is 7.29. The molecule has 0 saturated heterocycles. The molecule has 4 nitrogen and oxygen atoms in total. The molecule has 0 spiro atoms. The van der Waals surface area contributed by atoms with Gasteiger partial charge in [-0.1, -0.05) is 30.3 Å². The summed E-state index contributed by atoms with van der Waals surface area (Å²) in [7, 11) is 0. The predicted octanol–water partition coefficient (Wildman–Crippen LogP) is 2.07. The molecule has 1 N–H and O–H groups in total. The number of amides is 1. The molecule has 0 aliphatic rings. The van der Waals surface area contributed by atoms with E-state index >= 15 is 0 Å². The summed E-state index contributed by atoms with van der Waals surface area (Å²) < 4.78 is 1.88. The van der Waals surface area contributed by atoms with Crippen LogP contribution < -0.4 is 5.32 Å². The monoisotopic (exact) mass is 257 g/mol. The molecule has 100 valence electrons. The number of hydrogen-bond acceptors (Lipinski definition) is 2. The second-order valence-electron chi connectivity index (χ2n) is 4.53. The zero-order chi connectivity index (χ0) is 13.7. The third kappa shape index (κ3) is 3.68. The van der Waals surface area contributed by atoms with Gasteiger partial charge in [0, 0.05) is 24.8 Å². The molecule has 1 amide bonds. The quantitative estimate of drug-likeness (QED) is 0.891. The Morgan fingerprint density at radius 3 is 2.68 bits per heavy atom. The molecule has 1 aromatic carbocycles. The first kappa shape index (κ1) is 13.3. The smallest absolute Gasteiger partial charge is 0.224 e. The van der Waals surface area contributed by atoms with Crippen molar-refractivity contribution in [3.63, 3.8) is 0 Å². The van der Waals surface area contributed by atoms with Gasteiger partial charge in [0.2, 0.25) is 5.91 Å². The van der Waals surface area contributed by atoms with Crippen LogP contribution in [0.4, 0.5) is 0 Å². The van der Waals surface area contributed by atoms with Crippen molar-refractivity contribution in [2.24, 2.45) is 0 Å². The van der Waals surface area contributed by atoms with Crippen LogP contribution in [0.15, 0.2) is 36.5 Å². The fraction of sp³-hybridized carbons (Fsp3) is 0.333. The minimum absolute atomic E-state index is 0.0369. The molecule has 2 rings (SSSR count). The maximum absolute atomic E-state index is 11.8. The lowest BCUT2D eigenvalue weighted by Crippen LogP contribution is -2.24. The molecular weight excluding hydrogens is 238 g/mol. The maximum atomic E-state index is 11.8. The Morgan fingerprint density at radius 2 is 2.05 bits per heavy atom. The Labute approximate surface area is 113 Å². The van der Waals surface area contributed by atoms with Gasteiger partial charge in [0.1, 0.15) is 0 Å². The molecule has 0 bridgehead atoms. The van der Waals surface area contributed by atoms with Crippen LogP contribution in [-0.4, -0.2) is 15.7 Å². The van der Waals surface area contributed by atoms with E-state index in [0.29, 0.717) is 13.0 Å². The summed E-state index contributed by atoms with van der Waals surface area (Å²) in [6.07, 6.45) is 2.40. The first-order chi connectivity index (χ1) is 9.19. The highest BCUT2D eigenvalue weighted by Crippen LogP contribution is 2.05. The first-order valence-corrected chi connectivity index (χ1v) is 6.52. The van der Waals surface area contributed by atoms with Gasteiger partial charge in [0.05, 0.1) is 12.1 Å². The molecule has 0 aliphatic heterocycles. The predicted molar refractivity (Wildman–Crippen MR) is 74.6 cm³/mol. The van der Waals surface area contributed by atoms with Crippen LogP contribution in [0.3, 0.4) is 0 Å². The van der Waals surface area contributed by atoms with Crippen molar-refractivity contribution < 1.29 is 4.79 Å². The Hall–Kier alpha value is -2.10. The van der Waals surface area contributed by atoms with E-state index in [0.717, 1.165) is 23.4 Å². The fourth-order valence-corrected chi connectivity index (χ4v) is 1.93. The van der Waals surface area contributed by atoms with Crippen LogP contribution in [0, 0.1) is 6.92 Å². The molecule has 19 heavy (non-hydrogen) atoms. The van der Waals surface area contributed by atoms with Crippen LogP contribution in [0.2, 0.25) is 0 Å². The normalized spacial score (nSPS) is 10.4. The fourth-order valence-electron chi connectivity index (χ4n) is 1.93. The number of nitrogens with zero attached hydrogens (tertiary/aromatic N) is 2. The zero-order valence-corrected chi connectivity index (χ0v) is 11.4. The Bertz CT molecular complexity index is 546. The van der Waals surface area contributed by atoms with E-state index < -0.39 is 0 Å². The SMILES string of the molecule is CCn1cc(CNC(=O)Cc2ccccc2)c(C)n1. The maximum Gasteiger partial charge on any atom is 0.224 e. The second-order valence-corrected chi connectivity index (χ2v) is 4.53. The summed E-state index contributed by atoms with van der Waals surface area (Å²) in [5.41, 5.74) is 3.08. The van der Waals surface area contributed by atoms with Crippen LogP contribution in [0.5, 0.6) is 0 Å². The van der Waals surface area contributed by atoms with E-state index in [4.69, 9.17) is 0 Å². The van der Waals surface area contributed by atoms with E-state index in [9.17, 15) is 4.79 Å². The molecule has 1 aromatic heterocycles. The van der Waals surface area contributed by atoms with Crippen LogP contribution in [0.1, 0.15) is 23.7 Å². The standard InChI is InChI=1S/C15H19N3O/c1-3-18-11-14(12(2)17-18)10-16-15(19)9-13-7-5-4-6-8-13/h4-8,11H,3,9-10H2,1-2H3,(H,16,19). The average molecular weight is 257 g/mol. The summed E-state index contributed by atoms with van der Waals surface area (Å²) in [6, 6.07) is 9.75. The molecule has 4 heteroatoms. The highest BCUT2D eigenvalue weighted by atomic mass is 16.1. The third-order valence-corrected chi connectivity index (χ3v) is 3.06. The number of aromatic nitrogens is 2. The molecule has 2 aromatic rings. The molecule has 0 aliphatic carbocycles. The van der Waals surface area contributed by atoms with Crippen molar-refractivity contribution in [1.82, 2.24) is 15.1 Å². The summed E-state index contributed by atoms with van der Waals surface area (Å²) >= 11 is 0. The van der Waals surface area contributed by atoms with Crippen molar-refractivity contribution >= 4 is 5.91 Å². The summed E-state index contributed by atoms with van der Waals surface area (Å²) in [5.74, 6) is 0.0369. The molecular formula is C15H19N3O. The Kier molecular flexibility index (Phi) is 4.34. The highest BCUT2D eigenvalue weighted by Gasteiger charge is 2.07. The van der Waals surface area contributed by atoms with Crippen molar-refractivity contribution in [3.05, 3.63) is 53.3 Å². The number of carbonyl (C=O) groups is 1. The van der Waals surface area contributed by atoms with E-state index in [1.807, 2.05) is 55.1 Å². The zero-order valence-electron chi connectivity index (χ0n) is 11.4. The van der Waals surface area contributed by atoms with Gasteiger partial charge in [-0.25, -0.2) is 0 Å². The van der Waals surface area contributed by atoms with Crippen LogP contribution in [-0.2, 0) is 24.3 Å². The van der Waals surface area contributed by atoms with Crippen molar-refractivity contribution in [3.8, 4) is 0 Å². The van der Waals surface area contributed by atoms with E-state index in [1.54, 1.807) is 0 Å². The number of rotatable bonds is 5. The first-order valence-electron chi connectivity index (χ1n) is 6.52. The Morgan fingerprint density at radius 1 is 1.32 bits per heavy atom. The Balaban J connectivity index is 1.88. The van der Waals surface area contributed by atoms with Gasteiger partial charge in [-0.2, -0.15) is 5.10 Å². The summed E-state index contributed by atoms with van der Waals surface area (Å²) in [4.78, 5) is 11.8. The van der Waals surface area contributed by atoms with Gasteiger partial charge in [-0.15, -0.1) is 0 Å². The van der Waals surface area contributed by atoms with Crippen molar-refractivity contribution in [2.45, 2.75) is 33.4 Å². The second kappa shape index (κ2) is 6.18. The topological polar surface area (TPSA) is 46.9 Å². The molecule has 0 atom stereocenters. The van der Waals surface area contributed by atoms with Gasteiger partial charge in [-0.3, -0.25) is 9.48 Å². The minimum Gasteiger partial charge on any atom is -0.352 e. The number of benzene rings is 1. The molecule has 0 saturated carbocycles. The van der Waals surface area contributed by atoms with Gasteiger partial charge in [0.25, 0.3) is 0 Å². The molecule has 0 radical (unpaired) electrons. The lowest BCUT2D eigenvalue weighted by molar-refractivity contribution is -0.120. The molecule has 0 unspecified atom stereocenters. The summed E-state index contributed by atoms with van der Waals surface area (Å²) in [6.45, 7) is 5.39. The lowest BCUT2D eigenvalue weighted by Gasteiger charge is -2.04. The number of hydrogen-bond donors (Lipinski definition) is 1. The lowest BCUT2D eigenvalue weighted by atomic mass is 10.1. The van der Waals surface area contributed by atoms with Gasteiger partial charge >= 0.3 is 0 Å². The highest BCUT2D eigenvalue weighted by molar-refractivity contribution is 5.78. The van der Waals surface area contributed by atoms with Gasteiger partial charge in [0.15, 0.2) is 0 Å². The molecule has 1 heterocycles. The number of aryl methyl sites for hydroxylation is 2.